The van der Waals surface area contributed by atoms with E-state index < -0.39 is 0 Å². The van der Waals surface area contributed by atoms with Crippen molar-refractivity contribution in [2.75, 3.05) is 11.9 Å². The molecule has 0 aliphatic rings. The summed E-state index contributed by atoms with van der Waals surface area (Å²) in [6.45, 7) is 4.22. The summed E-state index contributed by atoms with van der Waals surface area (Å²) in [5.41, 5.74) is 0.915. The van der Waals surface area contributed by atoms with Crippen molar-refractivity contribution in [3.8, 4) is 11.4 Å². The molecule has 2 atom stereocenters. The number of carbonyl (C=O) groups is 1. The highest BCUT2D eigenvalue weighted by Crippen LogP contribution is 2.20. The van der Waals surface area contributed by atoms with E-state index in [0.29, 0.717) is 23.9 Å². The van der Waals surface area contributed by atoms with Crippen LogP contribution in [-0.2, 0) is 0 Å². The van der Waals surface area contributed by atoms with Crippen molar-refractivity contribution in [3.05, 3.63) is 30.3 Å². The lowest BCUT2D eigenvalue weighted by atomic mass is 10.1. The highest BCUT2D eigenvalue weighted by molar-refractivity contribution is 7.10. The van der Waals surface area contributed by atoms with Crippen molar-refractivity contribution in [3.63, 3.8) is 0 Å². The molecule has 7 heteroatoms. The summed E-state index contributed by atoms with van der Waals surface area (Å²) in [4.78, 5) is 16.1. The number of anilines is 1. The minimum absolute atomic E-state index is 0.208. The second kappa shape index (κ2) is 7.86. The number of aliphatic hydroxyl groups excluding tert-OH is 1. The lowest BCUT2D eigenvalue weighted by Gasteiger charge is -2.13. The summed E-state index contributed by atoms with van der Waals surface area (Å²) in [6.07, 6.45) is 0.286. The van der Waals surface area contributed by atoms with Crippen molar-refractivity contribution in [1.29, 1.82) is 0 Å². The maximum atomic E-state index is 11.8. The fourth-order valence-electron chi connectivity index (χ4n) is 2.05. The van der Waals surface area contributed by atoms with Crippen LogP contribution in [0.25, 0.3) is 11.4 Å². The highest BCUT2D eigenvalue weighted by atomic mass is 32.1. The largest absolute Gasteiger partial charge is 0.393 e. The summed E-state index contributed by atoms with van der Waals surface area (Å²) in [6, 6.07) is 9.29. The smallest absolute Gasteiger partial charge is 0.321 e. The number of carbonyl (C=O) groups excluding carboxylic acids is 1. The van der Waals surface area contributed by atoms with E-state index in [2.05, 4.69) is 20.0 Å². The number of nitrogens with zero attached hydrogens (tertiary/aromatic N) is 2. The summed E-state index contributed by atoms with van der Waals surface area (Å²) >= 11 is 1.14. The van der Waals surface area contributed by atoms with Crippen molar-refractivity contribution in [2.24, 2.45) is 5.92 Å². The fraction of sp³-hybridized carbons (Fsp3) is 0.400. The Bertz CT molecular complexity index is 601. The quantitative estimate of drug-likeness (QED) is 0.764. The average molecular weight is 320 g/mol. The van der Waals surface area contributed by atoms with Crippen molar-refractivity contribution >= 4 is 22.7 Å². The molecule has 1 heterocycles. The normalized spacial score (nSPS) is 13.4. The summed E-state index contributed by atoms with van der Waals surface area (Å²) in [5, 5.41) is 15.2. The maximum Gasteiger partial charge on any atom is 0.321 e. The summed E-state index contributed by atoms with van der Waals surface area (Å²) in [5.74, 6) is 0.809. The first-order chi connectivity index (χ1) is 10.5. The predicted octanol–water partition coefficient (Wildman–Crippen LogP) is 2.73. The van der Waals surface area contributed by atoms with E-state index in [4.69, 9.17) is 0 Å². The van der Waals surface area contributed by atoms with E-state index in [1.54, 1.807) is 6.92 Å². The number of nitrogens with one attached hydrogen (secondary N) is 2. The number of hydrogen-bond donors (Lipinski definition) is 3. The van der Waals surface area contributed by atoms with Crippen LogP contribution in [0.15, 0.2) is 30.3 Å². The minimum Gasteiger partial charge on any atom is -0.393 e. The van der Waals surface area contributed by atoms with Crippen LogP contribution in [0.1, 0.15) is 20.3 Å². The van der Waals surface area contributed by atoms with E-state index >= 15 is 0 Å². The third-order valence-electron chi connectivity index (χ3n) is 3.03. The van der Waals surface area contributed by atoms with Gasteiger partial charge in [0.05, 0.1) is 6.10 Å². The molecule has 0 saturated heterocycles. The lowest BCUT2D eigenvalue weighted by Crippen LogP contribution is -2.33. The zero-order valence-corrected chi connectivity index (χ0v) is 13.4. The second-order valence-electron chi connectivity index (χ2n) is 5.31. The average Bonchev–Trinajstić information content (AvgIpc) is 2.94. The molecule has 1 aromatic carbocycles. The number of rotatable bonds is 6. The minimum atomic E-state index is -0.364. The van der Waals surface area contributed by atoms with E-state index in [1.807, 2.05) is 37.3 Å². The molecular weight excluding hydrogens is 300 g/mol. The number of amides is 2. The van der Waals surface area contributed by atoms with Crippen molar-refractivity contribution < 1.29 is 9.90 Å². The Balaban J connectivity index is 1.84. The molecule has 0 bridgehead atoms. The van der Waals surface area contributed by atoms with Gasteiger partial charge in [-0.3, -0.25) is 5.32 Å². The van der Waals surface area contributed by atoms with Crippen LogP contribution in [0.5, 0.6) is 0 Å². The Kier molecular flexibility index (Phi) is 5.85. The van der Waals surface area contributed by atoms with Gasteiger partial charge in [-0.25, -0.2) is 4.79 Å². The Hall–Kier alpha value is -1.99. The molecule has 0 radical (unpaired) electrons. The van der Waals surface area contributed by atoms with Gasteiger partial charge in [0.2, 0.25) is 5.13 Å². The van der Waals surface area contributed by atoms with Crippen LogP contribution < -0.4 is 10.6 Å². The Morgan fingerprint density at radius 2 is 2.05 bits per heavy atom. The van der Waals surface area contributed by atoms with Crippen LogP contribution in [0.4, 0.5) is 9.93 Å². The van der Waals surface area contributed by atoms with Gasteiger partial charge in [-0.15, -0.1) is 0 Å². The Labute approximate surface area is 133 Å². The molecule has 2 aromatic rings. The van der Waals surface area contributed by atoms with Crippen LogP contribution in [0, 0.1) is 5.92 Å². The zero-order chi connectivity index (χ0) is 15.9. The number of urea groups is 1. The first kappa shape index (κ1) is 16.4. The molecule has 1 aromatic heterocycles. The van der Waals surface area contributed by atoms with E-state index in [0.717, 1.165) is 17.1 Å². The van der Waals surface area contributed by atoms with Crippen LogP contribution >= 0.6 is 11.5 Å². The Morgan fingerprint density at radius 3 is 2.73 bits per heavy atom. The molecule has 6 nitrogen and oxygen atoms in total. The summed E-state index contributed by atoms with van der Waals surface area (Å²) in [7, 11) is 0. The molecule has 0 fully saturated rings. The molecule has 22 heavy (non-hydrogen) atoms. The van der Waals surface area contributed by atoms with Gasteiger partial charge >= 0.3 is 6.03 Å². The van der Waals surface area contributed by atoms with Gasteiger partial charge in [0, 0.05) is 23.6 Å². The molecule has 0 spiro atoms. The molecule has 0 saturated carbocycles. The standard InChI is InChI=1S/C15H20N4O2S/c1-10(8-11(2)20)9-16-14(21)18-15-17-13(19-22-15)12-6-4-3-5-7-12/h3-7,10-11,20H,8-9H2,1-2H3,(H2,16,17,18,19,21). The first-order valence-electron chi connectivity index (χ1n) is 7.16. The van der Waals surface area contributed by atoms with E-state index in [1.165, 1.54) is 0 Å². The molecule has 0 aliphatic heterocycles. The monoisotopic (exact) mass is 320 g/mol. The fourth-order valence-corrected chi connectivity index (χ4v) is 2.64. The third-order valence-corrected chi connectivity index (χ3v) is 3.66. The van der Waals surface area contributed by atoms with Gasteiger partial charge < -0.3 is 10.4 Å². The van der Waals surface area contributed by atoms with Crippen molar-refractivity contribution in [2.45, 2.75) is 26.4 Å². The van der Waals surface area contributed by atoms with Gasteiger partial charge in [0.25, 0.3) is 0 Å². The number of aromatic nitrogens is 2. The van der Waals surface area contributed by atoms with Gasteiger partial charge in [0.1, 0.15) is 0 Å². The van der Waals surface area contributed by atoms with Crippen LogP contribution in [-0.4, -0.2) is 33.1 Å². The molecule has 2 unspecified atom stereocenters. The molecule has 2 rings (SSSR count). The SMILES string of the molecule is CC(O)CC(C)CNC(=O)Nc1nc(-c2ccccc2)ns1. The molecule has 0 aliphatic carbocycles. The molecule has 2 amide bonds. The number of benzene rings is 1. The van der Waals surface area contributed by atoms with Crippen LogP contribution in [0.3, 0.4) is 0 Å². The summed E-state index contributed by atoms with van der Waals surface area (Å²) < 4.78 is 4.23. The molecular formula is C15H20N4O2S. The third kappa shape index (κ3) is 5.09. The van der Waals surface area contributed by atoms with Gasteiger partial charge in [-0.05, 0) is 19.3 Å². The van der Waals surface area contributed by atoms with E-state index in [-0.39, 0.29) is 18.1 Å². The van der Waals surface area contributed by atoms with E-state index in [9.17, 15) is 9.90 Å². The lowest BCUT2D eigenvalue weighted by molar-refractivity contribution is 0.163. The molecule has 118 valence electrons. The number of aliphatic hydroxyl groups is 1. The topological polar surface area (TPSA) is 87.1 Å². The predicted molar refractivity (Wildman–Crippen MR) is 87.8 cm³/mol. The van der Waals surface area contributed by atoms with Gasteiger partial charge in [-0.1, -0.05) is 37.3 Å². The second-order valence-corrected chi connectivity index (χ2v) is 6.07. The van der Waals surface area contributed by atoms with Gasteiger partial charge in [0.15, 0.2) is 5.82 Å². The maximum absolute atomic E-state index is 11.8. The first-order valence-corrected chi connectivity index (χ1v) is 7.94. The van der Waals surface area contributed by atoms with Crippen LogP contribution in [0.2, 0.25) is 0 Å². The number of hydrogen-bond acceptors (Lipinski definition) is 5. The molecule has 3 N–H and O–H groups in total. The Morgan fingerprint density at radius 1 is 1.32 bits per heavy atom. The zero-order valence-electron chi connectivity index (χ0n) is 12.6. The van der Waals surface area contributed by atoms with Crippen molar-refractivity contribution in [1.82, 2.24) is 14.7 Å². The van der Waals surface area contributed by atoms with Gasteiger partial charge in [-0.2, -0.15) is 9.36 Å². The highest BCUT2D eigenvalue weighted by Gasteiger charge is 2.11.